The number of amides is 2. The third kappa shape index (κ3) is 3.75. The fourth-order valence-electron chi connectivity index (χ4n) is 4.07. The van der Waals surface area contributed by atoms with Crippen LogP contribution in [0.15, 0.2) is 63.7 Å². The number of carbonyl (C=O) groups is 2. The third-order valence-corrected chi connectivity index (χ3v) is 5.77. The molecule has 1 aliphatic rings. The quantitative estimate of drug-likeness (QED) is 0.528. The summed E-state index contributed by atoms with van der Waals surface area (Å²) in [6.45, 7) is 2.88. The van der Waals surface area contributed by atoms with Crippen molar-refractivity contribution >= 4 is 22.9 Å². The summed E-state index contributed by atoms with van der Waals surface area (Å²) in [6.07, 6.45) is 2.93. The molecule has 0 radical (unpaired) electrons. The predicted octanol–water partition coefficient (Wildman–Crippen LogP) is 3.83. The van der Waals surface area contributed by atoms with Gasteiger partial charge in [-0.3, -0.25) is 9.59 Å². The van der Waals surface area contributed by atoms with Gasteiger partial charge in [-0.15, -0.1) is 0 Å². The number of aromatic nitrogens is 2. The zero-order chi connectivity index (χ0) is 22.1. The van der Waals surface area contributed by atoms with Crippen LogP contribution in [-0.2, 0) is 0 Å². The average molecular weight is 430 g/mol. The lowest BCUT2D eigenvalue weighted by Crippen LogP contribution is -2.46. The molecule has 4 aromatic rings. The maximum atomic E-state index is 13.4. The van der Waals surface area contributed by atoms with Crippen molar-refractivity contribution in [1.29, 1.82) is 0 Å². The predicted molar refractivity (Wildman–Crippen MR) is 117 cm³/mol. The molecule has 8 nitrogen and oxygen atoms in total. The van der Waals surface area contributed by atoms with Crippen LogP contribution in [0, 0.1) is 6.92 Å². The number of piperidine rings is 1. The standard InChI is InChI=1S/C24H22N4O4/c1-15-21-18(14-19(20-8-5-13-31-20)26-23(21)32-27-15)24(30)28-11-9-17(10-12-28)25-22(29)16-6-3-2-4-7-16/h2-8,13-14,17H,9-12H2,1H3,(H,25,29). The molecular weight excluding hydrogens is 408 g/mol. The van der Waals surface area contributed by atoms with Crippen LogP contribution in [0.3, 0.4) is 0 Å². The highest BCUT2D eigenvalue weighted by Crippen LogP contribution is 2.29. The van der Waals surface area contributed by atoms with Crippen molar-refractivity contribution in [2.75, 3.05) is 13.1 Å². The Morgan fingerprint density at radius 1 is 1.09 bits per heavy atom. The number of benzene rings is 1. The summed E-state index contributed by atoms with van der Waals surface area (Å²) in [5.41, 5.74) is 2.58. The van der Waals surface area contributed by atoms with Gasteiger partial charge in [0.1, 0.15) is 5.69 Å². The minimum atomic E-state index is -0.107. The molecule has 0 atom stereocenters. The van der Waals surface area contributed by atoms with Crippen molar-refractivity contribution in [1.82, 2.24) is 20.4 Å². The normalized spacial score (nSPS) is 14.6. The molecule has 162 valence electrons. The number of hydrogen-bond acceptors (Lipinski definition) is 6. The van der Waals surface area contributed by atoms with Gasteiger partial charge >= 0.3 is 0 Å². The number of likely N-dealkylation sites (tertiary alicyclic amines) is 1. The average Bonchev–Trinajstić information content (AvgIpc) is 3.50. The van der Waals surface area contributed by atoms with E-state index in [0.717, 1.165) is 0 Å². The second-order valence-electron chi connectivity index (χ2n) is 7.89. The maximum absolute atomic E-state index is 13.4. The Morgan fingerprint density at radius 3 is 2.59 bits per heavy atom. The molecule has 0 saturated carbocycles. The zero-order valence-electron chi connectivity index (χ0n) is 17.6. The van der Waals surface area contributed by atoms with Gasteiger partial charge in [0, 0.05) is 24.7 Å². The van der Waals surface area contributed by atoms with Crippen molar-refractivity contribution < 1.29 is 18.5 Å². The van der Waals surface area contributed by atoms with E-state index >= 15 is 0 Å². The smallest absolute Gasteiger partial charge is 0.259 e. The van der Waals surface area contributed by atoms with E-state index in [1.165, 1.54) is 0 Å². The molecule has 3 aromatic heterocycles. The lowest BCUT2D eigenvalue weighted by atomic mass is 10.0. The van der Waals surface area contributed by atoms with Gasteiger partial charge in [-0.1, -0.05) is 23.4 Å². The molecule has 5 rings (SSSR count). The van der Waals surface area contributed by atoms with Gasteiger partial charge in [0.2, 0.25) is 0 Å². The van der Waals surface area contributed by atoms with Gasteiger partial charge in [-0.2, -0.15) is 0 Å². The summed E-state index contributed by atoms with van der Waals surface area (Å²) < 4.78 is 10.8. The molecule has 1 aromatic carbocycles. The highest BCUT2D eigenvalue weighted by Gasteiger charge is 2.28. The van der Waals surface area contributed by atoms with E-state index in [1.807, 2.05) is 18.2 Å². The Balaban J connectivity index is 1.33. The molecule has 2 amide bonds. The molecule has 1 saturated heterocycles. The number of aryl methyl sites for hydroxylation is 1. The first-order valence-electron chi connectivity index (χ1n) is 10.6. The fraction of sp³-hybridized carbons (Fsp3) is 0.250. The number of rotatable bonds is 4. The van der Waals surface area contributed by atoms with Crippen LogP contribution in [0.4, 0.5) is 0 Å². The van der Waals surface area contributed by atoms with E-state index in [2.05, 4.69) is 15.5 Å². The molecule has 1 fully saturated rings. The largest absolute Gasteiger partial charge is 0.463 e. The number of fused-ring (bicyclic) bond motifs is 1. The summed E-state index contributed by atoms with van der Waals surface area (Å²) in [4.78, 5) is 32.1. The van der Waals surface area contributed by atoms with E-state index in [9.17, 15) is 9.59 Å². The fourth-order valence-corrected chi connectivity index (χ4v) is 4.07. The van der Waals surface area contributed by atoms with Crippen molar-refractivity contribution in [3.05, 3.63) is 71.6 Å². The van der Waals surface area contributed by atoms with E-state index in [-0.39, 0.29) is 17.9 Å². The summed E-state index contributed by atoms with van der Waals surface area (Å²) in [7, 11) is 0. The van der Waals surface area contributed by atoms with Crippen molar-refractivity contribution in [2.45, 2.75) is 25.8 Å². The van der Waals surface area contributed by atoms with Gasteiger partial charge < -0.3 is 19.2 Å². The lowest BCUT2D eigenvalue weighted by Gasteiger charge is -2.32. The van der Waals surface area contributed by atoms with Crippen molar-refractivity contribution in [3.8, 4) is 11.5 Å². The second kappa shape index (κ2) is 8.30. The Hall–Kier alpha value is -3.94. The highest BCUT2D eigenvalue weighted by atomic mass is 16.5. The summed E-state index contributed by atoms with van der Waals surface area (Å²) in [5.74, 6) is 0.357. The van der Waals surface area contributed by atoms with Gasteiger partial charge in [-0.05, 0) is 50.1 Å². The van der Waals surface area contributed by atoms with E-state index in [4.69, 9.17) is 8.94 Å². The molecule has 1 N–H and O–H groups in total. The zero-order valence-corrected chi connectivity index (χ0v) is 17.6. The number of nitrogens with zero attached hydrogens (tertiary/aromatic N) is 3. The molecule has 4 heterocycles. The SMILES string of the molecule is Cc1noc2nc(-c3ccco3)cc(C(=O)N3CCC(NC(=O)c4ccccc4)CC3)c12. The Morgan fingerprint density at radius 2 is 1.88 bits per heavy atom. The minimum absolute atomic E-state index is 0.0280. The number of nitrogens with one attached hydrogen (secondary N) is 1. The Bertz CT molecular complexity index is 1260. The molecule has 0 aliphatic carbocycles. The number of furan rings is 1. The van der Waals surface area contributed by atoms with Gasteiger partial charge in [0.25, 0.3) is 17.5 Å². The van der Waals surface area contributed by atoms with Crippen molar-refractivity contribution in [3.63, 3.8) is 0 Å². The number of hydrogen-bond donors (Lipinski definition) is 1. The summed E-state index contributed by atoms with van der Waals surface area (Å²) in [6, 6.07) is 14.5. The van der Waals surface area contributed by atoms with E-state index in [1.54, 1.807) is 48.4 Å². The molecule has 0 unspecified atom stereocenters. The topological polar surface area (TPSA) is 101 Å². The van der Waals surface area contributed by atoms with Crippen LogP contribution in [0.25, 0.3) is 22.6 Å². The number of carbonyl (C=O) groups excluding carboxylic acids is 2. The van der Waals surface area contributed by atoms with Crippen LogP contribution in [0.2, 0.25) is 0 Å². The molecule has 1 aliphatic heterocycles. The number of pyridine rings is 1. The minimum Gasteiger partial charge on any atom is -0.463 e. The first-order chi connectivity index (χ1) is 15.6. The van der Waals surface area contributed by atoms with Crippen LogP contribution < -0.4 is 5.32 Å². The Labute approximate surface area is 184 Å². The summed E-state index contributed by atoms with van der Waals surface area (Å²) >= 11 is 0. The first-order valence-corrected chi connectivity index (χ1v) is 10.6. The first kappa shape index (κ1) is 20.0. The maximum Gasteiger partial charge on any atom is 0.259 e. The lowest BCUT2D eigenvalue weighted by molar-refractivity contribution is 0.0700. The van der Waals surface area contributed by atoms with Crippen LogP contribution in [-0.4, -0.2) is 46.0 Å². The molecule has 0 spiro atoms. The molecule has 0 bridgehead atoms. The van der Waals surface area contributed by atoms with Gasteiger partial charge in [0.15, 0.2) is 5.76 Å². The van der Waals surface area contributed by atoms with Crippen LogP contribution >= 0.6 is 0 Å². The van der Waals surface area contributed by atoms with Crippen LogP contribution in [0.5, 0.6) is 0 Å². The Kier molecular flexibility index (Phi) is 5.18. The summed E-state index contributed by atoms with van der Waals surface area (Å²) in [5, 5.41) is 7.68. The molecular formula is C24H22N4O4. The third-order valence-electron chi connectivity index (χ3n) is 5.77. The monoisotopic (exact) mass is 430 g/mol. The van der Waals surface area contributed by atoms with E-state index in [0.29, 0.717) is 65.3 Å². The van der Waals surface area contributed by atoms with Gasteiger partial charge in [-0.25, -0.2) is 4.98 Å². The second-order valence-corrected chi connectivity index (χ2v) is 7.89. The highest BCUT2D eigenvalue weighted by molar-refractivity contribution is 6.07. The molecule has 8 heteroatoms. The van der Waals surface area contributed by atoms with Crippen molar-refractivity contribution in [2.24, 2.45) is 0 Å². The molecule has 32 heavy (non-hydrogen) atoms. The van der Waals surface area contributed by atoms with Gasteiger partial charge in [0.05, 0.1) is 22.9 Å². The van der Waals surface area contributed by atoms with Crippen LogP contribution in [0.1, 0.15) is 39.3 Å². The van der Waals surface area contributed by atoms with E-state index < -0.39 is 0 Å².